The first kappa shape index (κ1) is 12.0. The molecule has 90 valence electrons. The molecule has 0 N–H and O–H groups in total. The van der Waals surface area contributed by atoms with Gasteiger partial charge in [-0.15, -0.1) is 0 Å². The summed E-state index contributed by atoms with van der Waals surface area (Å²) in [6.07, 6.45) is 7.86. The molecule has 2 aromatic rings. The fraction of sp³-hybridized carbons (Fsp3) is 0.0714. The van der Waals surface area contributed by atoms with Crippen molar-refractivity contribution in [2.45, 2.75) is 6.92 Å². The Labute approximate surface area is 105 Å². The van der Waals surface area contributed by atoms with Crippen molar-refractivity contribution < 1.29 is 9.32 Å². The molecule has 0 bridgehead atoms. The average Bonchev–Trinajstić information content (AvgIpc) is 2.81. The zero-order valence-corrected chi connectivity index (χ0v) is 9.91. The number of pyridine rings is 1. The number of aromatic nitrogens is 2. The van der Waals surface area contributed by atoms with E-state index in [1.54, 1.807) is 31.3 Å². The molecule has 0 aromatic carbocycles. The first-order chi connectivity index (χ1) is 8.74. The number of hydrogen-bond acceptors (Lipinski definition) is 4. The highest BCUT2D eigenvalue weighted by Crippen LogP contribution is 2.04. The molecule has 0 saturated heterocycles. The van der Waals surface area contributed by atoms with Crippen LogP contribution in [0.1, 0.15) is 17.1 Å². The van der Waals surface area contributed by atoms with Gasteiger partial charge in [0.25, 0.3) is 0 Å². The molecule has 0 saturated carbocycles. The third-order valence-corrected chi connectivity index (χ3v) is 2.17. The maximum absolute atomic E-state index is 11.5. The van der Waals surface area contributed by atoms with Crippen LogP contribution in [-0.2, 0) is 4.79 Å². The highest BCUT2D eigenvalue weighted by molar-refractivity contribution is 6.04. The third-order valence-electron chi connectivity index (χ3n) is 2.17. The second-order valence-corrected chi connectivity index (χ2v) is 3.69. The Balaban J connectivity index is 1.97. The molecule has 0 unspecified atom stereocenters. The van der Waals surface area contributed by atoms with E-state index < -0.39 is 0 Å². The molecule has 0 fully saturated rings. The second-order valence-electron chi connectivity index (χ2n) is 3.69. The lowest BCUT2D eigenvalue weighted by molar-refractivity contribution is -0.110. The zero-order chi connectivity index (χ0) is 12.8. The van der Waals surface area contributed by atoms with Gasteiger partial charge in [0.1, 0.15) is 11.5 Å². The van der Waals surface area contributed by atoms with E-state index in [4.69, 9.17) is 4.52 Å². The SMILES string of the molecule is Cc1cc(/C=C/C(=O)/C=C/c2ccccn2)no1. The summed E-state index contributed by atoms with van der Waals surface area (Å²) < 4.78 is 4.89. The Morgan fingerprint density at radius 2 is 2.00 bits per heavy atom. The molecule has 4 heteroatoms. The summed E-state index contributed by atoms with van der Waals surface area (Å²) in [6.45, 7) is 1.80. The van der Waals surface area contributed by atoms with Gasteiger partial charge in [-0.1, -0.05) is 11.2 Å². The molecule has 0 spiro atoms. The first-order valence-electron chi connectivity index (χ1n) is 5.48. The van der Waals surface area contributed by atoms with Crippen molar-refractivity contribution in [2.24, 2.45) is 0 Å². The van der Waals surface area contributed by atoms with Gasteiger partial charge in [0, 0.05) is 12.3 Å². The predicted octanol–water partition coefficient (Wildman–Crippen LogP) is 2.67. The predicted molar refractivity (Wildman–Crippen MR) is 68.6 cm³/mol. The number of nitrogens with zero attached hydrogens (tertiary/aromatic N) is 2. The van der Waals surface area contributed by atoms with Crippen LogP contribution in [0.5, 0.6) is 0 Å². The second kappa shape index (κ2) is 5.72. The lowest BCUT2D eigenvalue weighted by Gasteiger charge is -1.88. The van der Waals surface area contributed by atoms with Gasteiger partial charge in [0.2, 0.25) is 0 Å². The third kappa shape index (κ3) is 3.52. The zero-order valence-electron chi connectivity index (χ0n) is 9.91. The highest BCUT2D eigenvalue weighted by atomic mass is 16.5. The minimum absolute atomic E-state index is 0.124. The number of ketones is 1. The van der Waals surface area contributed by atoms with Gasteiger partial charge >= 0.3 is 0 Å². The van der Waals surface area contributed by atoms with Gasteiger partial charge in [-0.3, -0.25) is 9.78 Å². The van der Waals surface area contributed by atoms with Crippen molar-refractivity contribution in [1.82, 2.24) is 10.1 Å². The van der Waals surface area contributed by atoms with Crippen LogP contribution in [0.3, 0.4) is 0 Å². The number of allylic oxidation sites excluding steroid dienone is 2. The number of rotatable bonds is 4. The van der Waals surface area contributed by atoms with Crippen LogP contribution >= 0.6 is 0 Å². The van der Waals surface area contributed by atoms with Gasteiger partial charge < -0.3 is 4.52 Å². The first-order valence-corrected chi connectivity index (χ1v) is 5.48. The van der Waals surface area contributed by atoms with E-state index in [0.717, 1.165) is 5.69 Å². The normalized spacial score (nSPS) is 11.4. The van der Waals surface area contributed by atoms with Crippen molar-refractivity contribution in [3.05, 3.63) is 59.8 Å². The van der Waals surface area contributed by atoms with Crippen LogP contribution in [-0.4, -0.2) is 15.9 Å². The number of carbonyl (C=O) groups excluding carboxylic acids is 1. The van der Waals surface area contributed by atoms with Crippen LogP contribution in [0, 0.1) is 6.92 Å². The van der Waals surface area contributed by atoms with E-state index >= 15 is 0 Å². The Kier molecular flexibility index (Phi) is 3.81. The minimum atomic E-state index is -0.124. The lowest BCUT2D eigenvalue weighted by atomic mass is 10.2. The standard InChI is InChI=1S/C14H12N2O2/c1-11-10-13(16-18-11)6-8-14(17)7-5-12-4-2-3-9-15-12/h2-10H,1H3/b7-5+,8-6+. The van der Waals surface area contributed by atoms with E-state index in [2.05, 4.69) is 10.1 Å². The van der Waals surface area contributed by atoms with E-state index in [1.807, 2.05) is 18.2 Å². The summed E-state index contributed by atoms with van der Waals surface area (Å²) in [5, 5.41) is 3.76. The summed E-state index contributed by atoms with van der Waals surface area (Å²) in [6, 6.07) is 7.28. The van der Waals surface area contributed by atoms with Crippen molar-refractivity contribution in [1.29, 1.82) is 0 Å². The van der Waals surface area contributed by atoms with E-state index in [0.29, 0.717) is 11.5 Å². The van der Waals surface area contributed by atoms with Crippen LogP contribution in [0.2, 0.25) is 0 Å². The molecule has 0 aliphatic rings. The molecule has 0 atom stereocenters. The number of aryl methyl sites for hydroxylation is 1. The maximum Gasteiger partial charge on any atom is 0.178 e. The Morgan fingerprint density at radius 3 is 2.61 bits per heavy atom. The highest BCUT2D eigenvalue weighted by Gasteiger charge is 1.96. The molecule has 2 heterocycles. The van der Waals surface area contributed by atoms with Gasteiger partial charge in [0.15, 0.2) is 5.78 Å². The molecular formula is C14H12N2O2. The summed E-state index contributed by atoms with van der Waals surface area (Å²) in [5.41, 5.74) is 1.38. The Hall–Kier alpha value is -2.49. The maximum atomic E-state index is 11.5. The van der Waals surface area contributed by atoms with Gasteiger partial charge in [-0.2, -0.15) is 0 Å². The summed E-state index contributed by atoms with van der Waals surface area (Å²) in [7, 11) is 0. The summed E-state index contributed by atoms with van der Waals surface area (Å²) >= 11 is 0. The van der Waals surface area contributed by atoms with Gasteiger partial charge in [-0.05, 0) is 43.4 Å². The molecule has 0 radical (unpaired) electrons. The van der Waals surface area contributed by atoms with Crippen molar-refractivity contribution in [2.75, 3.05) is 0 Å². The average molecular weight is 240 g/mol. The van der Waals surface area contributed by atoms with Crippen molar-refractivity contribution in [3.8, 4) is 0 Å². The summed E-state index contributed by atoms with van der Waals surface area (Å²) in [5.74, 6) is 0.590. The quantitative estimate of drug-likeness (QED) is 0.771. The molecule has 0 aliphatic heterocycles. The molecule has 2 aromatic heterocycles. The molecule has 18 heavy (non-hydrogen) atoms. The number of carbonyl (C=O) groups is 1. The number of hydrogen-bond donors (Lipinski definition) is 0. The Morgan fingerprint density at radius 1 is 1.22 bits per heavy atom. The van der Waals surface area contributed by atoms with Crippen molar-refractivity contribution >= 4 is 17.9 Å². The molecule has 4 nitrogen and oxygen atoms in total. The van der Waals surface area contributed by atoms with Gasteiger partial charge in [0.05, 0.1) is 5.69 Å². The van der Waals surface area contributed by atoms with E-state index in [9.17, 15) is 4.79 Å². The topological polar surface area (TPSA) is 56.0 Å². The molecule has 0 amide bonds. The smallest absolute Gasteiger partial charge is 0.178 e. The van der Waals surface area contributed by atoms with Crippen LogP contribution in [0.4, 0.5) is 0 Å². The van der Waals surface area contributed by atoms with E-state index in [1.165, 1.54) is 12.2 Å². The largest absolute Gasteiger partial charge is 0.361 e. The molecular weight excluding hydrogens is 228 g/mol. The van der Waals surface area contributed by atoms with E-state index in [-0.39, 0.29) is 5.78 Å². The van der Waals surface area contributed by atoms with Gasteiger partial charge in [-0.25, -0.2) is 0 Å². The summed E-state index contributed by atoms with van der Waals surface area (Å²) in [4.78, 5) is 15.6. The van der Waals surface area contributed by atoms with Crippen LogP contribution in [0.15, 0.2) is 47.1 Å². The lowest BCUT2D eigenvalue weighted by Crippen LogP contribution is -1.85. The van der Waals surface area contributed by atoms with Crippen LogP contribution < -0.4 is 0 Å². The fourth-order valence-electron chi connectivity index (χ4n) is 1.33. The van der Waals surface area contributed by atoms with Crippen molar-refractivity contribution in [3.63, 3.8) is 0 Å². The van der Waals surface area contributed by atoms with Crippen LogP contribution in [0.25, 0.3) is 12.2 Å². The molecule has 0 aliphatic carbocycles. The minimum Gasteiger partial charge on any atom is -0.361 e. The fourth-order valence-corrected chi connectivity index (χ4v) is 1.33. The molecule has 2 rings (SSSR count). The Bertz CT molecular complexity index is 583. The monoisotopic (exact) mass is 240 g/mol.